The Hall–Kier alpha value is -1.31. The highest BCUT2D eigenvalue weighted by molar-refractivity contribution is 7.09. The summed E-state index contributed by atoms with van der Waals surface area (Å²) in [4.78, 5) is 8.79. The number of alkyl halides is 3. The zero-order chi connectivity index (χ0) is 19.4. The van der Waals surface area contributed by atoms with E-state index in [2.05, 4.69) is 46.8 Å². The van der Waals surface area contributed by atoms with E-state index in [1.54, 1.807) is 18.4 Å². The second-order valence-electron chi connectivity index (χ2n) is 7.87. The molecule has 0 aromatic carbocycles. The molecule has 2 atom stereocenters. The van der Waals surface area contributed by atoms with E-state index in [-0.39, 0.29) is 24.3 Å². The fraction of sp³-hybridized carbons (Fsp3) is 0.778. The van der Waals surface area contributed by atoms with Crippen molar-refractivity contribution in [1.29, 1.82) is 0 Å². The number of aliphatic imine (C=N–C) groups is 1. The summed E-state index contributed by atoms with van der Waals surface area (Å²) in [5.41, 5.74) is 1.12. The van der Waals surface area contributed by atoms with E-state index in [4.69, 9.17) is 0 Å². The summed E-state index contributed by atoms with van der Waals surface area (Å²) in [7, 11) is 1.64. The van der Waals surface area contributed by atoms with Crippen molar-refractivity contribution in [1.82, 2.24) is 15.6 Å². The minimum absolute atomic E-state index is 0.0375. The van der Waals surface area contributed by atoms with E-state index in [1.165, 1.54) is 0 Å². The van der Waals surface area contributed by atoms with Crippen molar-refractivity contribution in [2.24, 2.45) is 10.9 Å². The van der Waals surface area contributed by atoms with Crippen molar-refractivity contribution in [3.8, 4) is 0 Å². The Morgan fingerprint density at radius 2 is 2.04 bits per heavy atom. The van der Waals surface area contributed by atoms with Crippen LogP contribution in [0.25, 0.3) is 0 Å². The largest absolute Gasteiger partial charge is 0.391 e. The minimum atomic E-state index is -4.10. The van der Waals surface area contributed by atoms with Crippen molar-refractivity contribution >= 4 is 17.3 Å². The van der Waals surface area contributed by atoms with Gasteiger partial charge in [0.2, 0.25) is 0 Å². The van der Waals surface area contributed by atoms with Gasteiger partial charge in [-0.3, -0.25) is 4.99 Å². The maximum Gasteiger partial charge on any atom is 0.391 e. The normalized spacial score (nSPS) is 22.3. The number of hydrogen-bond donors (Lipinski definition) is 2. The highest BCUT2D eigenvalue weighted by atomic mass is 32.1. The molecule has 1 aliphatic rings. The van der Waals surface area contributed by atoms with Gasteiger partial charge in [-0.1, -0.05) is 27.2 Å². The Labute approximate surface area is 157 Å². The molecule has 0 amide bonds. The Morgan fingerprint density at radius 1 is 1.31 bits per heavy atom. The number of thiazole rings is 1. The fourth-order valence-corrected chi connectivity index (χ4v) is 4.09. The Morgan fingerprint density at radius 3 is 2.62 bits per heavy atom. The number of aromatic nitrogens is 1. The molecule has 0 saturated heterocycles. The highest BCUT2D eigenvalue weighted by Crippen LogP contribution is 2.37. The summed E-state index contributed by atoms with van der Waals surface area (Å²) in [5.74, 6) is -0.650. The molecule has 1 aromatic rings. The molecule has 2 rings (SSSR count). The molecule has 148 valence electrons. The quantitative estimate of drug-likeness (QED) is 0.596. The first-order valence-electron chi connectivity index (χ1n) is 9.08. The van der Waals surface area contributed by atoms with Crippen LogP contribution >= 0.6 is 11.3 Å². The zero-order valence-electron chi connectivity index (χ0n) is 15.9. The van der Waals surface area contributed by atoms with Gasteiger partial charge in [-0.2, -0.15) is 13.2 Å². The van der Waals surface area contributed by atoms with Gasteiger partial charge in [0.15, 0.2) is 5.96 Å². The first-order valence-corrected chi connectivity index (χ1v) is 9.96. The predicted octanol–water partition coefficient (Wildman–Crippen LogP) is 4.27. The number of guanidine groups is 1. The molecule has 0 radical (unpaired) electrons. The number of nitrogens with one attached hydrogen (secondary N) is 2. The maximum atomic E-state index is 12.9. The van der Waals surface area contributed by atoms with Crippen LogP contribution in [0.2, 0.25) is 0 Å². The van der Waals surface area contributed by atoms with E-state index in [9.17, 15) is 13.2 Å². The average molecular weight is 391 g/mol. The molecule has 2 N–H and O–H groups in total. The summed E-state index contributed by atoms with van der Waals surface area (Å²) >= 11 is 1.64. The van der Waals surface area contributed by atoms with E-state index < -0.39 is 12.1 Å². The monoisotopic (exact) mass is 390 g/mol. The van der Waals surface area contributed by atoms with Crippen LogP contribution < -0.4 is 10.6 Å². The summed E-state index contributed by atoms with van der Waals surface area (Å²) in [5, 5.41) is 9.47. The van der Waals surface area contributed by atoms with Gasteiger partial charge in [-0.15, -0.1) is 11.3 Å². The maximum absolute atomic E-state index is 12.9. The van der Waals surface area contributed by atoms with Crippen molar-refractivity contribution in [2.45, 2.75) is 70.5 Å². The minimum Gasteiger partial charge on any atom is -0.356 e. The molecule has 0 spiro atoms. The molecule has 26 heavy (non-hydrogen) atoms. The van der Waals surface area contributed by atoms with Crippen molar-refractivity contribution in [3.05, 3.63) is 16.1 Å². The first kappa shape index (κ1) is 21.0. The van der Waals surface area contributed by atoms with Gasteiger partial charge in [-0.25, -0.2) is 4.98 Å². The SMILES string of the molecule is CN=C(NCCc1nc(C(C)(C)C)cs1)NC1CCCC(C(F)(F)F)C1. The van der Waals surface area contributed by atoms with Gasteiger partial charge in [0, 0.05) is 36.9 Å². The Bertz CT molecular complexity index is 604. The van der Waals surface area contributed by atoms with Crippen LogP contribution in [0.15, 0.2) is 10.4 Å². The second-order valence-corrected chi connectivity index (χ2v) is 8.81. The lowest BCUT2D eigenvalue weighted by molar-refractivity contribution is -0.183. The lowest BCUT2D eigenvalue weighted by atomic mass is 9.85. The third-order valence-electron chi connectivity index (χ3n) is 4.65. The molecule has 0 bridgehead atoms. The standard InChI is InChI=1S/C18H29F3N4S/c1-17(2,3)14-11-26-15(25-14)8-9-23-16(22-4)24-13-7-5-6-12(10-13)18(19,20)21/h11-13H,5-10H2,1-4H3,(H2,22,23,24). The van der Waals surface area contributed by atoms with E-state index in [0.29, 0.717) is 18.9 Å². The highest BCUT2D eigenvalue weighted by Gasteiger charge is 2.42. The molecule has 4 nitrogen and oxygen atoms in total. The third-order valence-corrected chi connectivity index (χ3v) is 5.56. The first-order chi connectivity index (χ1) is 12.1. The van der Waals surface area contributed by atoms with Crippen LogP contribution in [0, 0.1) is 5.92 Å². The molecule has 1 aromatic heterocycles. The van der Waals surface area contributed by atoms with Gasteiger partial charge in [-0.05, 0) is 19.3 Å². The summed E-state index contributed by atoms with van der Waals surface area (Å²) < 4.78 is 38.8. The average Bonchev–Trinajstić information content (AvgIpc) is 3.02. The van der Waals surface area contributed by atoms with E-state index >= 15 is 0 Å². The molecule has 2 unspecified atom stereocenters. The molecule has 1 heterocycles. The molecule has 0 aliphatic heterocycles. The van der Waals surface area contributed by atoms with Gasteiger partial charge >= 0.3 is 6.18 Å². The van der Waals surface area contributed by atoms with Crippen LogP contribution in [-0.2, 0) is 11.8 Å². The zero-order valence-corrected chi connectivity index (χ0v) is 16.7. The number of halogens is 3. The predicted molar refractivity (Wildman–Crippen MR) is 101 cm³/mol. The van der Waals surface area contributed by atoms with Crippen molar-refractivity contribution < 1.29 is 13.2 Å². The van der Waals surface area contributed by atoms with Crippen molar-refractivity contribution in [3.63, 3.8) is 0 Å². The van der Waals surface area contributed by atoms with Crippen LogP contribution in [0.5, 0.6) is 0 Å². The van der Waals surface area contributed by atoms with Gasteiger partial charge in [0.1, 0.15) is 0 Å². The van der Waals surface area contributed by atoms with Crippen molar-refractivity contribution in [2.75, 3.05) is 13.6 Å². The molecular weight excluding hydrogens is 361 g/mol. The van der Waals surface area contributed by atoms with Gasteiger partial charge in [0.25, 0.3) is 0 Å². The topological polar surface area (TPSA) is 49.3 Å². The summed E-state index contributed by atoms with van der Waals surface area (Å²) in [6.45, 7) is 7.04. The van der Waals surface area contributed by atoms with E-state index in [1.807, 2.05) is 0 Å². The summed E-state index contributed by atoms with van der Waals surface area (Å²) in [6.07, 6.45) is -1.66. The molecule has 8 heteroatoms. The Kier molecular flexibility index (Phi) is 6.93. The molecule has 1 fully saturated rings. The lowest BCUT2D eigenvalue weighted by Gasteiger charge is -2.31. The van der Waals surface area contributed by atoms with Gasteiger partial charge < -0.3 is 10.6 Å². The molecule has 1 saturated carbocycles. The number of hydrogen-bond acceptors (Lipinski definition) is 3. The summed E-state index contributed by atoms with van der Waals surface area (Å²) in [6, 6.07) is -0.186. The second kappa shape index (κ2) is 8.59. The molecule has 1 aliphatic carbocycles. The lowest BCUT2D eigenvalue weighted by Crippen LogP contribution is -2.47. The Balaban J connectivity index is 1.80. The third kappa shape index (κ3) is 6.14. The molecular formula is C18H29F3N4S. The van der Waals surface area contributed by atoms with Crippen LogP contribution in [0.1, 0.15) is 57.2 Å². The number of nitrogens with zero attached hydrogens (tertiary/aromatic N) is 2. The fourth-order valence-electron chi connectivity index (χ4n) is 3.06. The van der Waals surface area contributed by atoms with Crippen LogP contribution in [0.3, 0.4) is 0 Å². The number of rotatable bonds is 4. The van der Waals surface area contributed by atoms with Gasteiger partial charge in [0.05, 0.1) is 16.6 Å². The van der Waals surface area contributed by atoms with Crippen LogP contribution in [-0.4, -0.2) is 36.8 Å². The van der Waals surface area contributed by atoms with Crippen LogP contribution in [0.4, 0.5) is 13.2 Å². The van der Waals surface area contributed by atoms with E-state index in [0.717, 1.165) is 23.5 Å². The smallest absolute Gasteiger partial charge is 0.356 e.